The molecule has 154 valence electrons. The van der Waals surface area contributed by atoms with Crippen LogP contribution in [0.4, 0.5) is 0 Å². The lowest BCUT2D eigenvalue weighted by Gasteiger charge is -2.15. The van der Waals surface area contributed by atoms with Crippen molar-refractivity contribution in [3.05, 3.63) is 36.0 Å². The van der Waals surface area contributed by atoms with Gasteiger partial charge in [0.25, 0.3) is 0 Å². The number of hydrogen-bond acceptors (Lipinski definition) is 6. The molecule has 0 saturated heterocycles. The molecular formula is C22H25NO6. The summed E-state index contributed by atoms with van der Waals surface area (Å²) in [7, 11) is 6.07. The van der Waals surface area contributed by atoms with Crippen LogP contribution in [0.1, 0.15) is 24.3 Å². The summed E-state index contributed by atoms with van der Waals surface area (Å²) in [6.45, 7) is 3.88. The Balaban J connectivity index is 2.30. The first-order chi connectivity index (χ1) is 13.9. The van der Waals surface area contributed by atoms with Gasteiger partial charge < -0.3 is 28.7 Å². The van der Waals surface area contributed by atoms with E-state index in [0.717, 1.165) is 16.5 Å². The Morgan fingerprint density at radius 1 is 0.862 bits per heavy atom. The van der Waals surface area contributed by atoms with Crippen LogP contribution in [-0.2, 0) is 4.74 Å². The first-order valence-corrected chi connectivity index (χ1v) is 9.14. The minimum Gasteiger partial charge on any atom is -0.493 e. The molecule has 0 radical (unpaired) electrons. The van der Waals surface area contributed by atoms with Crippen LogP contribution in [0.15, 0.2) is 30.3 Å². The number of nitrogens with one attached hydrogen (secondary N) is 1. The molecule has 1 aromatic heterocycles. The maximum Gasteiger partial charge on any atom is 0.355 e. The Bertz CT molecular complexity index is 1040. The molecule has 1 N–H and O–H groups in total. The van der Waals surface area contributed by atoms with Crippen LogP contribution in [0.5, 0.6) is 23.0 Å². The second kappa shape index (κ2) is 8.34. The summed E-state index contributed by atoms with van der Waals surface area (Å²) in [5.74, 6) is 1.84. The largest absolute Gasteiger partial charge is 0.493 e. The Labute approximate surface area is 169 Å². The maximum atomic E-state index is 12.5. The summed E-state index contributed by atoms with van der Waals surface area (Å²) >= 11 is 0. The highest BCUT2D eigenvalue weighted by Gasteiger charge is 2.23. The second-order valence-corrected chi connectivity index (χ2v) is 6.65. The minimum atomic E-state index is -0.476. The summed E-state index contributed by atoms with van der Waals surface area (Å²) in [6.07, 6.45) is -0.0356. The molecule has 0 bridgehead atoms. The highest BCUT2D eigenvalue weighted by molar-refractivity contribution is 6.09. The van der Waals surface area contributed by atoms with Gasteiger partial charge in [-0.15, -0.1) is 0 Å². The molecular weight excluding hydrogens is 374 g/mol. The number of esters is 1. The van der Waals surface area contributed by atoms with Crippen LogP contribution in [0.3, 0.4) is 0 Å². The van der Waals surface area contributed by atoms with Crippen molar-refractivity contribution in [2.24, 2.45) is 0 Å². The van der Waals surface area contributed by atoms with Gasteiger partial charge in [0.2, 0.25) is 0 Å². The Hall–Kier alpha value is -3.35. The number of ether oxygens (including phenoxy) is 5. The molecule has 0 spiro atoms. The molecule has 3 aromatic rings. The lowest BCUT2D eigenvalue weighted by molar-refractivity contribution is 0.0596. The molecule has 0 fully saturated rings. The average Bonchev–Trinajstić information content (AvgIpc) is 3.09. The van der Waals surface area contributed by atoms with E-state index in [1.807, 2.05) is 38.1 Å². The third-order valence-corrected chi connectivity index (χ3v) is 4.51. The number of fused-ring (bicyclic) bond motifs is 1. The molecule has 3 rings (SSSR count). The second-order valence-electron chi connectivity index (χ2n) is 6.65. The van der Waals surface area contributed by atoms with E-state index in [1.165, 1.54) is 7.11 Å². The zero-order valence-electron chi connectivity index (χ0n) is 17.4. The first kappa shape index (κ1) is 20.4. The van der Waals surface area contributed by atoms with Crippen molar-refractivity contribution >= 4 is 16.9 Å². The molecule has 29 heavy (non-hydrogen) atoms. The number of benzene rings is 2. The smallest absolute Gasteiger partial charge is 0.355 e. The topological polar surface area (TPSA) is 79.0 Å². The number of hydrogen-bond donors (Lipinski definition) is 1. The Kier molecular flexibility index (Phi) is 5.87. The van der Waals surface area contributed by atoms with E-state index in [4.69, 9.17) is 23.7 Å². The van der Waals surface area contributed by atoms with Gasteiger partial charge in [-0.25, -0.2) is 4.79 Å². The van der Waals surface area contributed by atoms with Crippen molar-refractivity contribution in [2.75, 3.05) is 28.4 Å². The van der Waals surface area contributed by atoms with E-state index in [-0.39, 0.29) is 6.10 Å². The summed E-state index contributed by atoms with van der Waals surface area (Å²) < 4.78 is 27.1. The highest BCUT2D eigenvalue weighted by atomic mass is 16.5. The SMILES string of the molecule is COC(=O)c1[nH]c2cc(OC)c(OC)cc2c1-c1ccc(OC)c(OC(C)C)c1. The molecule has 0 aliphatic heterocycles. The number of aromatic amines is 1. The third kappa shape index (κ3) is 3.81. The van der Waals surface area contributed by atoms with Gasteiger partial charge in [0.05, 0.1) is 40.1 Å². The lowest BCUT2D eigenvalue weighted by atomic mass is 10.0. The van der Waals surface area contributed by atoms with Crippen LogP contribution >= 0.6 is 0 Å². The number of H-pyrrole nitrogens is 1. The van der Waals surface area contributed by atoms with Gasteiger partial charge in [-0.3, -0.25) is 0 Å². The fourth-order valence-corrected chi connectivity index (χ4v) is 3.25. The van der Waals surface area contributed by atoms with E-state index in [1.54, 1.807) is 27.4 Å². The Morgan fingerprint density at radius 2 is 1.52 bits per heavy atom. The predicted octanol–water partition coefficient (Wildman–Crippen LogP) is 4.43. The maximum absolute atomic E-state index is 12.5. The third-order valence-electron chi connectivity index (χ3n) is 4.51. The molecule has 0 saturated carbocycles. The van der Waals surface area contributed by atoms with Gasteiger partial charge in [0.1, 0.15) is 5.69 Å². The number of carbonyl (C=O) groups is 1. The van der Waals surface area contributed by atoms with Crippen molar-refractivity contribution in [2.45, 2.75) is 20.0 Å². The van der Waals surface area contributed by atoms with Crippen LogP contribution in [0.2, 0.25) is 0 Å². The van der Waals surface area contributed by atoms with E-state index in [2.05, 4.69) is 4.98 Å². The molecule has 7 heteroatoms. The lowest BCUT2D eigenvalue weighted by Crippen LogP contribution is -2.07. The average molecular weight is 399 g/mol. The summed E-state index contributed by atoms with van der Waals surface area (Å²) in [4.78, 5) is 15.6. The van der Waals surface area contributed by atoms with Crippen molar-refractivity contribution in [3.63, 3.8) is 0 Å². The van der Waals surface area contributed by atoms with Crippen molar-refractivity contribution in [1.29, 1.82) is 0 Å². The molecule has 0 aliphatic rings. The van der Waals surface area contributed by atoms with Gasteiger partial charge >= 0.3 is 5.97 Å². The standard InChI is InChI=1S/C22H25NO6/c1-12(2)29-19-9-13(7-8-16(19)25-3)20-14-10-17(26-4)18(27-5)11-15(14)23-21(20)22(24)28-6/h7-12,23H,1-6H3. The van der Waals surface area contributed by atoms with Crippen LogP contribution in [0.25, 0.3) is 22.0 Å². The molecule has 7 nitrogen and oxygen atoms in total. The number of rotatable bonds is 7. The van der Waals surface area contributed by atoms with E-state index >= 15 is 0 Å². The minimum absolute atomic E-state index is 0.0356. The zero-order valence-corrected chi connectivity index (χ0v) is 17.4. The van der Waals surface area contributed by atoms with Crippen molar-refractivity contribution < 1.29 is 28.5 Å². The van der Waals surface area contributed by atoms with Gasteiger partial charge in [0.15, 0.2) is 23.0 Å². The Morgan fingerprint density at radius 3 is 2.10 bits per heavy atom. The molecule has 1 heterocycles. The van der Waals surface area contributed by atoms with Gasteiger partial charge in [-0.05, 0) is 37.6 Å². The number of aromatic nitrogens is 1. The fourth-order valence-electron chi connectivity index (χ4n) is 3.25. The monoisotopic (exact) mass is 399 g/mol. The van der Waals surface area contributed by atoms with Gasteiger partial charge in [-0.1, -0.05) is 6.07 Å². The fraction of sp³-hybridized carbons (Fsp3) is 0.318. The van der Waals surface area contributed by atoms with E-state index in [9.17, 15) is 4.79 Å². The summed E-state index contributed by atoms with van der Waals surface area (Å²) in [5.41, 5.74) is 2.52. The summed E-state index contributed by atoms with van der Waals surface area (Å²) in [5, 5.41) is 0.795. The normalized spacial score (nSPS) is 10.9. The van der Waals surface area contributed by atoms with Gasteiger partial charge in [0, 0.05) is 17.0 Å². The molecule has 0 atom stereocenters. The zero-order chi connectivity index (χ0) is 21.1. The van der Waals surface area contributed by atoms with Crippen LogP contribution in [-0.4, -0.2) is 45.5 Å². The quantitative estimate of drug-likeness (QED) is 0.592. The predicted molar refractivity (Wildman–Crippen MR) is 110 cm³/mol. The van der Waals surface area contributed by atoms with Crippen molar-refractivity contribution in [3.8, 4) is 34.1 Å². The van der Waals surface area contributed by atoms with Crippen molar-refractivity contribution in [1.82, 2.24) is 4.98 Å². The van der Waals surface area contributed by atoms with Crippen LogP contribution < -0.4 is 18.9 Å². The van der Waals surface area contributed by atoms with E-state index < -0.39 is 5.97 Å². The van der Waals surface area contributed by atoms with Crippen LogP contribution in [0, 0.1) is 0 Å². The molecule has 0 unspecified atom stereocenters. The number of methoxy groups -OCH3 is 4. The molecule has 0 aliphatic carbocycles. The summed E-state index contributed by atoms with van der Waals surface area (Å²) in [6, 6.07) is 9.16. The van der Waals surface area contributed by atoms with E-state index in [0.29, 0.717) is 34.3 Å². The molecule has 0 amide bonds. The first-order valence-electron chi connectivity index (χ1n) is 9.14. The number of carbonyl (C=O) groups excluding carboxylic acids is 1. The molecule has 2 aromatic carbocycles. The van der Waals surface area contributed by atoms with Gasteiger partial charge in [-0.2, -0.15) is 0 Å². The highest BCUT2D eigenvalue weighted by Crippen LogP contribution is 2.41.